The smallest absolute Gasteiger partial charge is 0.196 e. The number of rotatable bonds is 7. The minimum absolute atomic E-state index is 0.0725. The van der Waals surface area contributed by atoms with E-state index in [4.69, 9.17) is 11.6 Å². The number of nitrogens with zero attached hydrogens (tertiary/aromatic N) is 3. The molecule has 6 heteroatoms. The number of benzene rings is 3. The third-order valence-corrected chi connectivity index (χ3v) is 6.34. The molecule has 1 aromatic heterocycles. The summed E-state index contributed by atoms with van der Waals surface area (Å²) in [4.78, 5) is 13.0. The summed E-state index contributed by atoms with van der Waals surface area (Å²) in [7, 11) is 0. The number of carbonyl (C=O) groups excluding carboxylic acids is 1. The Morgan fingerprint density at radius 3 is 2.29 bits per heavy atom. The molecule has 4 rings (SSSR count). The molecule has 156 valence electrons. The number of ketones is 1. The summed E-state index contributed by atoms with van der Waals surface area (Å²) in [6, 6.07) is 25.2. The van der Waals surface area contributed by atoms with E-state index in [-0.39, 0.29) is 11.0 Å². The normalized spacial score (nSPS) is 12.0. The number of aromatic nitrogens is 3. The summed E-state index contributed by atoms with van der Waals surface area (Å²) in [6.45, 7) is 4.01. The lowest BCUT2D eigenvalue weighted by atomic mass is 10.1. The molecule has 1 heterocycles. The van der Waals surface area contributed by atoms with Crippen LogP contribution in [0.1, 0.15) is 29.8 Å². The number of halogens is 1. The van der Waals surface area contributed by atoms with Crippen molar-refractivity contribution in [3.63, 3.8) is 0 Å². The Bertz CT molecular complexity index is 1170. The number of hydrogen-bond acceptors (Lipinski definition) is 4. The maximum Gasteiger partial charge on any atom is 0.196 e. The van der Waals surface area contributed by atoms with Crippen LogP contribution in [0.4, 0.5) is 0 Å². The van der Waals surface area contributed by atoms with Crippen LogP contribution in [0.25, 0.3) is 17.1 Å². The zero-order chi connectivity index (χ0) is 21.8. The van der Waals surface area contributed by atoms with Crippen LogP contribution in [0.5, 0.6) is 0 Å². The van der Waals surface area contributed by atoms with Crippen LogP contribution < -0.4 is 0 Å². The van der Waals surface area contributed by atoms with Gasteiger partial charge in [0.05, 0.1) is 5.25 Å². The van der Waals surface area contributed by atoms with Gasteiger partial charge in [0.2, 0.25) is 0 Å². The Balaban J connectivity index is 1.67. The van der Waals surface area contributed by atoms with Crippen molar-refractivity contribution in [3.8, 4) is 17.1 Å². The van der Waals surface area contributed by atoms with Crippen LogP contribution in [0.15, 0.2) is 84.0 Å². The largest absolute Gasteiger partial charge is 0.293 e. The molecule has 0 aliphatic carbocycles. The van der Waals surface area contributed by atoms with Crippen molar-refractivity contribution in [1.29, 1.82) is 0 Å². The molecule has 0 N–H and O–H groups in total. The van der Waals surface area contributed by atoms with Gasteiger partial charge >= 0.3 is 0 Å². The monoisotopic (exact) mass is 447 g/mol. The van der Waals surface area contributed by atoms with Crippen molar-refractivity contribution in [3.05, 3.63) is 95.0 Å². The van der Waals surface area contributed by atoms with E-state index in [9.17, 15) is 4.79 Å². The maximum absolute atomic E-state index is 13.0. The fourth-order valence-electron chi connectivity index (χ4n) is 3.29. The number of thioether (sulfide) groups is 1. The van der Waals surface area contributed by atoms with Crippen molar-refractivity contribution >= 4 is 29.1 Å². The SMILES string of the molecule is CCc1ccc(C(=O)C(C)Sc2nnc(-c3ccc(Cl)cc3)n2-c2ccccc2)cc1. The molecule has 0 aliphatic heterocycles. The summed E-state index contributed by atoms with van der Waals surface area (Å²) in [5.41, 5.74) is 3.77. The van der Waals surface area contributed by atoms with E-state index in [0.29, 0.717) is 21.6 Å². The number of hydrogen-bond donors (Lipinski definition) is 0. The lowest BCUT2D eigenvalue weighted by molar-refractivity contribution is 0.0994. The molecule has 0 saturated heterocycles. The Kier molecular flexibility index (Phi) is 6.54. The molecular formula is C25H22ClN3OS. The van der Waals surface area contributed by atoms with Crippen molar-refractivity contribution in [2.75, 3.05) is 0 Å². The highest BCUT2D eigenvalue weighted by Crippen LogP contribution is 2.31. The predicted octanol–water partition coefficient (Wildman–Crippen LogP) is 6.51. The Hall–Kier alpha value is -2.89. The molecule has 0 fully saturated rings. The van der Waals surface area contributed by atoms with E-state index in [1.54, 1.807) is 0 Å². The maximum atomic E-state index is 13.0. The van der Waals surface area contributed by atoms with Gasteiger partial charge in [0.25, 0.3) is 0 Å². The highest BCUT2D eigenvalue weighted by molar-refractivity contribution is 8.00. The molecule has 1 unspecified atom stereocenters. The molecule has 0 spiro atoms. The Morgan fingerprint density at radius 1 is 0.968 bits per heavy atom. The van der Waals surface area contributed by atoms with E-state index in [1.807, 2.05) is 90.4 Å². The number of Topliss-reactive ketones (excluding diaryl/α,β-unsaturated/α-hetero) is 1. The second-order valence-electron chi connectivity index (χ2n) is 7.16. The summed E-state index contributed by atoms with van der Waals surface area (Å²) >= 11 is 7.47. The zero-order valence-corrected chi connectivity index (χ0v) is 18.9. The molecule has 4 nitrogen and oxygen atoms in total. The van der Waals surface area contributed by atoms with Gasteiger partial charge in [-0.25, -0.2) is 0 Å². The van der Waals surface area contributed by atoms with E-state index in [2.05, 4.69) is 17.1 Å². The molecule has 0 aliphatic rings. The van der Waals surface area contributed by atoms with Gasteiger partial charge in [-0.3, -0.25) is 9.36 Å². The standard InChI is InChI=1S/C25H22ClN3OS/c1-3-18-9-11-19(12-10-18)23(30)17(2)31-25-28-27-24(20-13-15-21(26)16-14-20)29(25)22-7-5-4-6-8-22/h4-17H,3H2,1-2H3. The van der Waals surface area contributed by atoms with Crippen molar-refractivity contribution < 1.29 is 4.79 Å². The quantitative estimate of drug-likeness (QED) is 0.239. The predicted molar refractivity (Wildman–Crippen MR) is 127 cm³/mol. The highest BCUT2D eigenvalue weighted by Gasteiger charge is 2.22. The molecule has 31 heavy (non-hydrogen) atoms. The fraction of sp³-hybridized carbons (Fsp3) is 0.160. The first kappa shape index (κ1) is 21.3. The molecule has 4 aromatic rings. The van der Waals surface area contributed by atoms with Gasteiger partial charge in [-0.15, -0.1) is 10.2 Å². The average molecular weight is 448 g/mol. The Labute approximate surface area is 191 Å². The van der Waals surface area contributed by atoms with Crippen molar-refractivity contribution in [1.82, 2.24) is 14.8 Å². The second kappa shape index (κ2) is 9.50. The summed E-state index contributed by atoms with van der Waals surface area (Å²) < 4.78 is 1.98. The third-order valence-electron chi connectivity index (χ3n) is 5.05. The van der Waals surface area contributed by atoms with E-state index >= 15 is 0 Å². The fourth-order valence-corrected chi connectivity index (χ4v) is 4.36. The topological polar surface area (TPSA) is 47.8 Å². The highest BCUT2D eigenvalue weighted by atomic mass is 35.5. The molecule has 0 bridgehead atoms. The first-order valence-electron chi connectivity index (χ1n) is 10.1. The van der Waals surface area contributed by atoms with Gasteiger partial charge < -0.3 is 0 Å². The average Bonchev–Trinajstić information content (AvgIpc) is 3.23. The summed E-state index contributed by atoms with van der Waals surface area (Å²) in [6.07, 6.45) is 0.951. The minimum Gasteiger partial charge on any atom is -0.293 e. The van der Waals surface area contributed by atoms with Gasteiger partial charge in [0.1, 0.15) is 0 Å². The van der Waals surface area contributed by atoms with Crippen LogP contribution >= 0.6 is 23.4 Å². The summed E-state index contributed by atoms with van der Waals surface area (Å²) in [5.74, 6) is 0.778. The lowest BCUT2D eigenvalue weighted by Gasteiger charge is -2.13. The molecule has 3 aromatic carbocycles. The minimum atomic E-state index is -0.308. The third kappa shape index (κ3) is 4.73. The number of para-hydroxylation sites is 1. The van der Waals surface area contributed by atoms with E-state index in [1.165, 1.54) is 17.3 Å². The molecule has 0 radical (unpaired) electrons. The zero-order valence-electron chi connectivity index (χ0n) is 17.3. The van der Waals surface area contributed by atoms with E-state index in [0.717, 1.165) is 17.7 Å². The van der Waals surface area contributed by atoms with Gasteiger partial charge in [-0.05, 0) is 55.3 Å². The lowest BCUT2D eigenvalue weighted by Crippen LogP contribution is -2.14. The number of aryl methyl sites for hydroxylation is 1. The van der Waals surface area contributed by atoms with Crippen LogP contribution in [-0.2, 0) is 6.42 Å². The van der Waals surface area contributed by atoms with Gasteiger partial charge in [0.15, 0.2) is 16.8 Å². The van der Waals surface area contributed by atoms with Gasteiger partial charge in [-0.2, -0.15) is 0 Å². The first-order chi connectivity index (χ1) is 15.1. The Morgan fingerprint density at radius 2 is 1.65 bits per heavy atom. The van der Waals surface area contributed by atoms with Crippen molar-refractivity contribution in [2.24, 2.45) is 0 Å². The molecule has 0 saturated carbocycles. The van der Waals surface area contributed by atoms with Gasteiger partial charge in [0, 0.05) is 21.8 Å². The van der Waals surface area contributed by atoms with Crippen LogP contribution in [0.2, 0.25) is 5.02 Å². The van der Waals surface area contributed by atoms with Gasteiger partial charge in [-0.1, -0.05) is 72.8 Å². The van der Waals surface area contributed by atoms with Crippen LogP contribution in [-0.4, -0.2) is 25.8 Å². The van der Waals surface area contributed by atoms with Crippen molar-refractivity contribution in [2.45, 2.75) is 30.7 Å². The first-order valence-corrected chi connectivity index (χ1v) is 11.4. The molecular weight excluding hydrogens is 426 g/mol. The molecule has 1 atom stereocenters. The molecule has 0 amide bonds. The number of carbonyl (C=O) groups is 1. The van der Waals surface area contributed by atoms with Crippen LogP contribution in [0.3, 0.4) is 0 Å². The summed E-state index contributed by atoms with van der Waals surface area (Å²) in [5, 5.41) is 9.89. The van der Waals surface area contributed by atoms with Crippen LogP contribution in [0, 0.1) is 0 Å². The van der Waals surface area contributed by atoms with E-state index < -0.39 is 0 Å². The second-order valence-corrected chi connectivity index (χ2v) is 8.90.